The Kier molecular flexibility index (Phi) is 3.02. The second kappa shape index (κ2) is 4.70. The van der Waals surface area contributed by atoms with Gasteiger partial charge in [-0.05, 0) is 33.3 Å². The third-order valence-corrected chi connectivity index (χ3v) is 3.18. The summed E-state index contributed by atoms with van der Waals surface area (Å²) in [6.45, 7) is 7.23. The van der Waals surface area contributed by atoms with E-state index in [0.29, 0.717) is 6.61 Å². The Morgan fingerprint density at radius 3 is 2.68 bits per heavy atom. The highest BCUT2D eigenvalue weighted by molar-refractivity contribution is 5.50. The molecule has 1 fully saturated rings. The summed E-state index contributed by atoms with van der Waals surface area (Å²) >= 11 is 0. The topological polar surface area (TPSA) is 65.7 Å². The molecule has 1 atom stereocenters. The van der Waals surface area contributed by atoms with E-state index in [1.54, 1.807) is 0 Å². The summed E-state index contributed by atoms with van der Waals surface area (Å²) in [6.07, 6.45) is 0.971. The van der Waals surface area contributed by atoms with Gasteiger partial charge in [0.1, 0.15) is 17.3 Å². The summed E-state index contributed by atoms with van der Waals surface area (Å²) < 4.78 is 7.39. The fourth-order valence-electron chi connectivity index (χ4n) is 2.41. The van der Waals surface area contributed by atoms with Gasteiger partial charge in [-0.2, -0.15) is 5.10 Å². The summed E-state index contributed by atoms with van der Waals surface area (Å²) in [5, 5.41) is 4.49. The molecule has 2 aromatic rings. The maximum absolute atomic E-state index is 5.44. The second-order valence-electron chi connectivity index (χ2n) is 4.89. The van der Waals surface area contributed by atoms with Gasteiger partial charge in [0.05, 0.1) is 12.6 Å². The van der Waals surface area contributed by atoms with Gasteiger partial charge < -0.3 is 4.74 Å². The van der Waals surface area contributed by atoms with Gasteiger partial charge in [0, 0.05) is 12.3 Å². The van der Waals surface area contributed by atoms with Crippen LogP contribution in [0.4, 0.5) is 0 Å². The van der Waals surface area contributed by atoms with Gasteiger partial charge in [-0.1, -0.05) is 0 Å². The molecule has 0 bridgehead atoms. The van der Waals surface area contributed by atoms with Crippen molar-refractivity contribution in [1.29, 1.82) is 0 Å². The molecule has 19 heavy (non-hydrogen) atoms. The molecular formula is C13H17N5O. The molecule has 0 N–H and O–H groups in total. The average Bonchev–Trinajstić information content (AvgIpc) is 2.95. The minimum Gasteiger partial charge on any atom is -0.379 e. The van der Waals surface area contributed by atoms with Crippen LogP contribution >= 0.6 is 0 Å². The van der Waals surface area contributed by atoms with Crippen molar-refractivity contribution in [2.75, 3.05) is 13.2 Å². The minimum atomic E-state index is 0.256. The molecule has 3 rings (SSSR count). The van der Waals surface area contributed by atoms with Crippen LogP contribution in [0.25, 0.3) is 11.5 Å². The van der Waals surface area contributed by atoms with Crippen LogP contribution in [0, 0.1) is 20.8 Å². The van der Waals surface area contributed by atoms with E-state index in [-0.39, 0.29) is 6.04 Å². The van der Waals surface area contributed by atoms with Gasteiger partial charge in [0.15, 0.2) is 5.82 Å². The lowest BCUT2D eigenvalue weighted by Crippen LogP contribution is -2.13. The Balaban J connectivity index is 2.08. The predicted molar refractivity (Wildman–Crippen MR) is 69.7 cm³/mol. The van der Waals surface area contributed by atoms with Crippen molar-refractivity contribution in [1.82, 2.24) is 24.7 Å². The Hall–Kier alpha value is -1.82. The van der Waals surface area contributed by atoms with Crippen LogP contribution in [0.1, 0.15) is 29.8 Å². The summed E-state index contributed by atoms with van der Waals surface area (Å²) in [6, 6.07) is 2.20. The van der Waals surface area contributed by atoms with Crippen LogP contribution in [0.15, 0.2) is 6.07 Å². The van der Waals surface area contributed by atoms with Crippen LogP contribution < -0.4 is 0 Å². The molecule has 0 aromatic carbocycles. The van der Waals surface area contributed by atoms with Crippen LogP contribution in [0.5, 0.6) is 0 Å². The van der Waals surface area contributed by atoms with Crippen molar-refractivity contribution in [3.05, 3.63) is 23.4 Å². The molecule has 0 aliphatic carbocycles. The third-order valence-electron chi connectivity index (χ3n) is 3.18. The second-order valence-corrected chi connectivity index (χ2v) is 4.89. The fraction of sp³-hybridized carbons (Fsp3) is 0.538. The summed E-state index contributed by atoms with van der Waals surface area (Å²) in [5.74, 6) is 2.32. The smallest absolute Gasteiger partial charge is 0.177 e. The summed E-state index contributed by atoms with van der Waals surface area (Å²) in [7, 11) is 0. The van der Waals surface area contributed by atoms with E-state index in [4.69, 9.17) is 4.74 Å². The third kappa shape index (κ3) is 2.35. The zero-order chi connectivity index (χ0) is 13.4. The first kappa shape index (κ1) is 12.2. The maximum atomic E-state index is 5.44. The Bertz CT molecular complexity index is 581. The molecule has 1 aliphatic rings. The number of hydrogen-bond donors (Lipinski definition) is 0. The summed E-state index contributed by atoms with van der Waals surface area (Å²) in [5.41, 5.74) is 1.77. The average molecular weight is 259 g/mol. The highest BCUT2D eigenvalue weighted by Crippen LogP contribution is 2.24. The van der Waals surface area contributed by atoms with Gasteiger partial charge in [0.2, 0.25) is 0 Å². The molecule has 100 valence electrons. The molecule has 0 spiro atoms. The van der Waals surface area contributed by atoms with Crippen molar-refractivity contribution in [2.45, 2.75) is 33.2 Å². The van der Waals surface area contributed by atoms with Crippen molar-refractivity contribution in [3.8, 4) is 11.5 Å². The number of nitrogens with zero attached hydrogens (tertiary/aromatic N) is 5. The predicted octanol–water partition coefficient (Wildman–Crippen LogP) is 1.62. The van der Waals surface area contributed by atoms with Crippen LogP contribution in [-0.2, 0) is 4.74 Å². The number of rotatable bonds is 2. The first-order chi connectivity index (χ1) is 9.13. The van der Waals surface area contributed by atoms with Crippen molar-refractivity contribution in [2.24, 2.45) is 0 Å². The van der Waals surface area contributed by atoms with Gasteiger partial charge in [-0.3, -0.25) is 0 Å². The lowest BCUT2D eigenvalue weighted by atomic mass is 10.2. The molecule has 0 saturated carbocycles. The van der Waals surface area contributed by atoms with E-state index in [9.17, 15) is 0 Å². The number of aryl methyl sites for hydroxylation is 3. The Morgan fingerprint density at radius 1 is 1.16 bits per heavy atom. The van der Waals surface area contributed by atoms with Crippen LogP contribution in [0.3, 0.4) is 0 Å². The van der Waals surface area contributed by atoms with Crippen LogP contribution in [0.2, 0.25) is 0 Å². The zero-order valence-corrected chi connectivity index (χ0v) is 11.4. The molecule has 0 radical (unpaired) electrons. The largest absolute Gasteiger partial charge is 0.379 e. The number of ether oxygens (including phenoxy) is 1. The van der Waals surface area contributed by atoms with E-state index in [1.165, 1.54) is 0 Å². The van der Waals surface area contributed by atoms with Crippen LogP contribution in [-0.4, -0.2) is 37.9 Å². The quantitative estimate of drug-likeness (QED) is 0.820. The van der Waals surface area contributed by atoms with Crippen molar-refractivity contribution >= 4 is 0 Å². The molecule has 1 unspecified atom stereocenters. The Labute approximate surface area is 111 Å². The number of hydrogen-bond acceptors (Lipinski definition) is 5. The standard InChI is InChI=1S/C13H17N5O/c1-8-6-12(15-9(2)14-8)13-16-10(3)17-18(13)11-4-5-19-7-11/h6,11H,4-5,7H2,1-3H3. The molecule has 2 aromatic heterocycles. The normalized spacial score (nSPS) is 19.0. The first-order valence-electron chi connectivity index (χ1n) is 6.47. The number of aromatic nitrogens is 5. The van der Waals surface area contributed by atoms with Gasteiger partial charge in [-0.15, -0.1) is 0 Å². The van der Waals surface area contributed by atoms with E-state index >= 15 is 0 Å². The van der Waals surface area contributed by atoms with Crippen molar-refractivity contribution in [3.63, 3.8) is 0 Å². The lowest BCUT2D eigenvalue weighted by Gasteiger charge is -2.11. The van der Waals surface area contributed by atoms with E-state index in [0.717, 1.165) is 41.9 Å². The Morgan fingerprint density at radius 2 is 2.00 bits per heavy atom. The maximum Gasteiger partial charge on any atom is 0.177 e. The molecular weight excluding hydrogens is 242 g/mol. The lowest BCUT2D eigenvalue weighted by molar-refractivity contribution is 0.184. The monoisotopic (exact) mass is 259 g/mol. The molecule has 6 nitrogen and oxygen atoms in total. The SMILES string of the molecule is Cc1cc(-c2nc(C)nn2C2CCOC2)nc(C)n1. The fourth-order valence-corrected chi connectivity index (χ4v) is 2.41. The highest BCUT2D eigenvalue weighted by atomic mass is 16.5. The van der Waals surface area contributed by atoms with Gasteiger partial charge >= 0.3 is 0 Å². The minimum absolute atomic E-state index is 0.256. The molecule has 1 aliphatic heterocycles. The van der Waals surface area contributed by atoms with Crippen molar-refractivity contribution < 1.29 is 4.74 Å². The van der Waals surface area contributed by atoms with Gasteiger partial charge in [0.25, 0.3) is 0 Å². The highest BCUT2D eigenvalue weighted by Gasteiger charge is 2.23. The molecule has 0 amide bonds. The zero-order valence-electron chi connectivity index (χ0n) is 11.4. The molecule has 6 heteroatoms. The molecule has 1 saturated heterocycles. The summed E-state index contributed by atoms with van der Waals surface area (Å²) in [4.78, 5) is 13.3. The van der Waals surface area contributed by atoms with Gasteiger partial charge in [-0.25, -0.2) is 19.6 Å². The molecule has 3 heterocycles. The first-order valence-corrected chi connectivity index (χ1v) is 6.47. The van der Waals surface area contributed by atoms with E-state index in [1.807, 2.05) is 31.5 Å². The van der Waals surface area contributed by atoms with E-state index in [2.05, 4.69) is 20.1 Å². The van der Waals surface area contributed by atoms with E-state index < -0.39 is 0 Å².